The van der Waals surface area contributed by atoms with Crippen molar-refractivity contribution in [2.45, 2.75) is 59.0 Å². The number of pyridine rings is 1. The summed E-state index contributed by atoms with van der Waals surface area (Å²) in [5.74, 6) is 1.90. The molecule has 4 nitrogen and oxygen atoms in total. The fraction of sp³-hybridized carbons (Fsp3) is 0.667. The largest absolute Gasteiger partial charge is 0.307 e. The molecule has 1 unspecified atom stereocenters. The molecular weight excluding hydrogens is 272 g/mol. The first kappa shape index (κ1) is 15.5. The Morgan fingerprint density at radius 1 is 1.32 bits per heavy atom. The van der Waals surface area contributed by atoms with E-state index in [0.29, 0.717) is 12.0 Å². The number of hydrogen-bond acceptors (Lipinski definition) is 3. The van der Waals surface area contributed by atoms with Gasteiger partial charge in [-0.1, -0.05) is 0 Å². The van der Waals surface area contributed by atoms with E-state index in [9.17, 15) is 0 Å². The highest BCUT2D eigenvalue weighted by molar-refractivity contribution is 5.71. The minimum Gasteiger partial charge on any atom is -0.307 e. The van der Waals surface area contributed by atoms with E-state index in [0.717, 1.165) is 17.6 Å². The third-order valence-electron chi connectivity index (χ3n) is 4.68. The summed E-state index contributed by atoms with van der Waals surface area (Å²) in [5.41, 5.74) is 2.05. The standard InChI is InChI=1S/C18H28N4/c1-13(2)21-10-8-14(12-21)11-16-20-15-7-6-9-19-17(15)22(16)18(3,4)5/h6-7,9,13-14H,8,10-12H2,1-5H3. The lowest BCUT2D eigenvalue weighted by Crippen LogP contribution is -2.29. The van der Waals surface area contributed by atoms with Crippen LogP contribution in [0.3, 0.4) is 0 Å². The van der Waals surface area contributed by atoms with Crippen molar-refractivity contribution in [3.05, 3.63) is 24.2 Å². The molecular formula is C18H28N4. The molecule has 0 amide bonds. The number of nitrogens with zero attached hydrogens (tertiary/aromatic N) is 4. The molecule has 1 aliphatic rings. The quantitative estimate of drug-likeness (QED) is 0.870. The molecule has 1 aliphatic heterocycles. The van der Waals surface area contributed by atoms with Crippen molar-refractivity contribution < 1.29 is 0 Å². The molecule has 1 saturated heterocycles. The second-order valence-corrected chi connectivity index (χ2v) is 7.83. The van der Waals surface area contributed by atoms with E-state index in [1.807, 2.05) is 12.3 Å². The molecule has 3 rings (SSSR count). The van der Waals surface area contributed by atoms with E-state index in [-0.39, 0.29) is 5.54 Å². The number of likely N-dealkylation sites (tertiary alicyclic amines) is 1. The summed E-state index contributed by atoms with van der Waals surface area (Å²) in [4.78, 5) is 12.0. The van der Waals surface area contributed by atoms with Crippen LogP contribution < -0.4 is 0 Å². The number of fused-ring (bicyclic) bond motifs is 1. The maximum absolute atomic E-state index is 4.89. The van der Waals surface area contributed by atoms with E-state index in [2.05, 4.69) is 55.1 Å². The minimum absolute atomic E-state index is 0.00871. The first-order valence-corrected chi connectivity index (χ1v) is 8.43. The molecule has 2 aromatic heterocycles. The molecule has 0 radical (unpaired) electrons. The molecule has 0 aliphatic carbocycles. The van der Waals surface area contributed by atoms with Gasteiger partial charge in [0, 0.05) is 30.7 Å². The molecule has 0 bridgehead atoms. The van der Waals surface area contributed by atoms with Gasteiger partial charge in [0.15, 0.2) is 5.65 Å². The Morgan fingerprint density at radius 2 is 2.09 bits per heavy atom. The van der Waals surface area contributed by atoms with Gasteiger partial charge in [-0.3, -0.25) is 0 Å². The van der Waals surface area contributed by atoms with Crippen LogP contribution in [0.25, 0.3) is 11.2 Å². The van der Waals surface area contributed by atoms with Gasteiger partial charge in [0.1, 0.15) is 11.3 Å². The highest BCUT2D eigenvalue weighted by Gasteiger charge is 2.28. The Morgan fingerprint density at radius 3 is 2.73 bits per heavy atom. The number of hydrogen-bond donors (Lipinski definition) is 0. The van der Waals surface area contributed by atoms with Crippen LogP contribution in [-0.2, 0) is 12.0 Å². The Kier molecular flexibility index (Phi) is 3.98. The van der Waals surface area contributed by atoms with Gasteiger partial charge >= 0.3 is 0 Å². The summed E-state index contributed by atoms with van der Waals surface area (Å²) in [6.45, 7) is 13.7. The van der Waals surface area contributed by atoms with Crippen LogP contribution in [0.2, 0.25) is 0 Å². The Hall–Kier alpha value is -1.42. The minimum atomic E-state index is 0.00871. The zero-order chi connectivity index (χ0) is 15.9. The Labute approximate surface area is 133 Å². The fourth-order valence-corrected chi connectivity index (χ4v) is 3.56. The highest BCUT2D eigenvalue weighted by atomic mass is 15.2. The lowest BCUT2D eigenvalue weighted by Gasteiger charge is -2.25. The second kappa shape index (κ2) is 5.65. The molecule has 120 valence electrons. The number of rotatable bonds is 3. The molecule has 0 N–H and O–H groups in total. The maximum Gasteiger partial charge on any atom is 0.160 e. The van der Waals surface area contributed by atoms with Crippen LogP contribution in [0, 0.1) is 5.92 Å². The Balaban J connectivity index is 1.91. The average molecular weight is 300 g/mol. The third-order valence-corrected chi connectivity index (χ3v) is 4.68. The van der Waals surface area contributed by atoms with Gasteiger partial charge in [-0.15, -0.1) is 0 Å². The number of imidazole rings is 1. The summed E-state index contributed by atoms with van der Waals surface area (Å²) in [6, 6.07) is 4.69. The van der Waals surface area contributed by atoms with Gasteiger partial charge in [-0.05, 0) is 65.6 Å². The van der Waals surface area contributed by atoms with Crippen molar-refractivity contribution in [2.24, 2.45) is 5.92 Å². The van der Waals surface area contributed by atoms with Gasteiger partial charge in [0.05, 0.1) is 0 Å². The topological polar surface area (TPSA) is 34.0 Å². The van der Waals surface area contributed by atoms with Gasteiger partial charge in [-0.2, -0.15) is 0 Å². The van der Waals surface area contributed by atoms with Crippen LogP contribution in [-0.4, -0.2) is 38.6 Å². The van der Waals surface area contributed by atoms with Gasteiger partial charge in [0.25, 0.3) is 0 Å². The highest BCUT2D eigenvalue weighted by Crippen LogP contribution is 2.28. The van der Waals surface area contributed by atoms with Crippen molar-refractivity contribution in [2.75, 3.05) is 13.1 Å². The van der Waals surface area contributed by atoms with Crippen molar-refractivity contribution in [1.82, 2.24) is 19.4 Å². The summed E-state index contributed by atoms with van der Waals surface area (Å²) in [5, 5.41) is 0. The normalized spacial score (nSPS) is 20.4. The lowest BCUT2D eigenvalue weighted by atomic mass is 10.0. The van der Waals surface area contributed by atoms with Crippen molar-refractivity contribution in [3.63, 3.8) is 0 Å². The van der Waals surface area contributed by atoms with E-state index < -0.39 is 0 Å². The van der Waals surface area contributed by atoms with Crippen LogP contribution in [0.1, 0.15) is 46.9 Å². The van der Waals surface area contributed by atoms with Crippen LogP contribution >= 0.6 is 0 Å². The van der Waals surface area contributed by atoms with Gasteiger partial charge in [-0.25, -0.2) is 9.97 Å². The molecule has 22 heavy (non-hydrogen) atoms. The third kappa shape index (κ3) is 2.89. The van der Waals surface area contributed by atoms with Crippen LogP contribution in [0.5, 0.6) is 0 Å². The zero-order valence-corrected chi connectivity index (χ0v) is 14.5. The van der Waals surface area contributed by atoms with Gasteiger partial charge in [0.2, 0.25) is 0 Å². The smallest absolute Gasteiger partial charge is 0.160 e. The molecule has 0 aromatic carbocycles. The SMILES string of the molecule is CC(C)N1CCC(Cc2nc3cccnc3n2C(C)(C)C)C1. The second-order valence-electron chi connectivity index (χ2n) is 7.83. The first-order valence-electron chi connectivity index (χ1n) is 8.43. The predicted octanol–water partition coefficient (Wildman–Crippen LogP) is 3.46. The molecule has 1 fully saturated rings. The van der Waals surface area contributed by atoms with E-state index >= 15 is 0 Å². The predicted molar refractivity (Wildman–Crippen MR) is 91.0 cm³/mol. The summed E-state index contributed by atoms with van der Waals surface area (Å²) < 4.78 is 2.33. The molecule has 0 saturated carbocycles. The first-order chi connectivity index (χ1) is 10.4. The lowest BCUT2D eigenvalue weighted by molar-refractivity contribution is 0.263. The van der Waals surface area contributed by atoms with Crippen molar-refractivity contribution in [1.29, 1.82) is 0 Å². The maximum atomic E-state index is 4.89. The van der Waals surface area contributed by atoms with Crippen molar-refractivity contribution in [3.8, 4) is 0 Å². The molecule has 2 aromatic rings. The monoisotopic (exact) mass is 300 g/mol. The molecule has 4 heteroatoms. The van der Waals surface area contributed by atoms with Crippen LogP contribution in [0.15, 0.2) is 18.3 Å². The van der Waals surface area contributed by atoms with Gasteiger partial charge < -0.3 is 9.47 Å². The molecule has 1 atom stereocenters. The van der Waals surface area contributed by atoms with Crippen LogP contribution in [0.4, 0.5) is 0 Å². The summed E-state index contributed by atoms with van der Waals surface area (Å²) >= 11 is 0. The van der Waals surface area contributed by atoms with E-state index in [4.69, 9.17) is 4.98 Å². The summed E-state index contributed by atoms with van der Waals surface area (Å²) in [7, 11) is 0. The van der Waals surface area contributed by atoms with E-state index in [1.165, 1.54) is 25.3 Å². The number of aromatic nitrogens is 3. The Bertz CT molecular complexity index is 651. The van der Waals surface area contributed by atoms with Crippen molar-refractivity contribution >= 4 is 11.2 Å². The molecule has 3 heterocycles. The average Bonchev–Trinajstić information content (AvgIpc) is 3.01. The van der Waals surface area contributed by atoms with E-state index in [1.54, 1.807) is 0 Å². The molecule has 0 spiro atoms. The zero-order valence-electron chi connectivity index (χ0n) is 14.5. The summed E-state index contributed by atoms with van der Waals surface area (Å²) in [6.07, 6.45) is 4.20. The fourth-order valence-electron chi connectivity index (χ4n) is 3.56.